The summed E-state index contributed by atoms with van der Waals surface area (Å²) >= 11 is 0. The minimum Gasteiger partial charge on any atom is -0.497 e. The molecule has 0 aliphatic carbocycles. The van der Waals surface area contributed by atoms with Crippen LogP contribution in [0.2, 0.25) is 0 Å². The Hall–Kier alpha value is -4.17. The Morgan fingerprint density at radius 1 is 0.967 bits per heavy atom. The molecular weight excluding hydrogens is 381 g/mol. The molecule has 0 amide bonds. The van der Waals surface area contributed by atoms with Crippen molar-refractivity contribution >= 4 is 23.7 Å². The Morgan fingerprint density at radius 2 is 1.67 bits per heavy atom. The normalized spacial score (nSPS) is 11.2. The number of halogens is 1. The van der Waals surface area contributed by atoms with Crippen molar-refractivity contribution in [2.24, 2.45) is 0 Å². The summed E-state index contributed by atoms with van der Waals surface area (Å²) in [4.78, 5) is 12.1. The Balaban J connectivity index is 1.75. The van der Waals surface area contributed by atoms with E-state index in [1.54, 1.807) is 61.7 Å². The van der Waals surface area contributed by atoms with Crippen molar-refractivity contribution in [1.82, 2.24) is 0 Å². The number of hydrogen-bond donors (Lipinski definition) is 0. The van der Waals surface area contributed by atoms with Crippen LogP contribution in [-0.2, 0) is 4.79 Å². The van der Waals surface area contributed by atoms with Gasteiger partial charge < -0.3 is 9.47 Å². The van der Waals surface area contributed by atoms with Gasteiger partial charge >= 0.3 is 5.97 Å². The number of ether oxygens (including phenoxy) is 2. The topological polar surface area (TPSA) is 59.3 Å². The number of methoxy groups -OCH3 is 1. The van der Waals surface area contributed by atoms with Crippen molar-refractivity contribution in [3.05, 3.63) is 101 Å². The molecule has 0 fully saturated rings. The maximum absolute atomic E-state index is 14.0. The highest BCUT2D eigenvalue weighted by molar-refractivity contribution is 5.91. The quantitative estimate of drug-likeness (QED) is 0.180. The van der Waals surface area contributed by atoms with Crippen molar-refractivity contribution in [2.75, 3.05) is 7.11 Å². The third-order valence-electron chi connectivity index (χ3n) is 4.18. The van der Waals surface area contributed by atoms with E-state index in [0.717, 1.165) is 5.56 Å². The molecule has 0 aliphatic rings. The van der Waals surface area contributed by atoms with Gasteiger partial charge in [0, 0.05) is 11.6 Å². The Bertz CT molecular complexity index is 1160. The van der Waals surface area contributed by atoms with Crippen LogP contribution in [0.5, 0.6) is 11.5 Å². The first-order chi connectivity index (χ1) is 14.6. The first kappa shape index (κ1) is 20.6. The average Bonchev–Trinajstić information content (AvgIpc) is 2.77. The van der Waals surface area contributed by atoms with Gasteiger partial charge in [0.2, 0.25) is 0 Å². The molecule has 0 aliphatic heterocycles. The minimum atomic E-state index is -0.548. The highest BCUT2D eigenvalue weighted by Gasteiger charge is 2.08. The fourth-order valence-corrected chi connectivity index (χ4v) is 2.74. The number of allylic oxidation sites excluding steroid dienone is 1. The van der Waals surface area contributed by atoms with Gasteiger partial charge in [-0.3, -0.25) is 0 Å². The van der Waals surface area contributed by atoms with Gasteiger partial charge in [-0.1, -0.05) is 42.5 Å². The maximum atomic E-state index is 14.0. The molecule has 0 atom stereocenters. The lowest BCUT2D eigenvalue weighted by Crippen LogP contribution is -2.03. The van der Waals surface area contributed by atoms with Crippen LogP contribution in [0, 0.1) is 17.1 Å². The van der Waals surface area contributed by atoms with Crippen molar-refractivity contribution in [1.29, 1.82) is 5.26 Å². The smallest absolute Gasteiger partial charge is 0.336 e. The highest BCUT2D eigenvalue weighted by atomic mass is 19.1. The SMILES string of the molecule is COc1cccc(/C=C/C(=O)Oc2cccc(/C=C(/C#N)c3ccccc3F)c2)c1. The largest absolute Gasteiger partial charge is 0.497 e. The molecule has 0 radical (unpaired) electrons. The number of nitrogens with zero attached hydrogens (tertiary/aromatic N) is 1. The van der Waals surface area contributed by atoms with E-state index in [2.05, 4.69) is 0 Å². The molecule has 0 N–H and O–H groups in total. The molecule has 3 aromatic rings. The van der Waals surface area contributed by atoms with Crippen molar-refractivity contribution in [2.45, 2.75) is 0 Å². The Kier molecular flexibility index (Phi) is 6.75. The van der Waals surface area contributed by atoms with E-state index in [1.165, 1.54) is 18.2 Å². The summed E-state index contributed by atoms with van der Waals surface area (Å²) in [7, 11) is 1.57. The summed E-state index contributed by atoms with van der Waals surface area (Å²) in [6, 6.07) is 22.0. The van der Waals surface area contributed by atoms with Gasteiger partial charge in [-0.2, -0.15) is 5.26 Å². The van der Waals surface area contributed by atoms with Gasteiger partial charge in [-0.15, -0.1) is 0 Å². The third-order valence-corrected chi connectivity index (χ3v) is 4.18. The van der Waals surface area contributed by atoms with Crippen LogP contribution >= 0.6 is 0 Å². The monoisotopic (exact) mass is 399 g/mol. The number of esters is 1. The molecule has 3 rings (SSSR count). The second kappa shape index (κ2) is 9.85. The van der Waals surface area contributed by atoms with Crippen LogP contribution in [-0.4, -0.2) is 13.1 Å². The average molecular weight is 399 g/mol. The predicted octanol–water partition coefficient (Wildman–Crippen LogP) is 5.52. The zero-order valence-corrected chi connectivity index (χ0v) is 16.2. The second-order valence-electron chi connectivity index (χ2n) is 6.25. The molecular formula is C25H18FNO3. The Morgan fingerprint density at radius 3 is 2.40 bits per heavy atom. The number of rotatable bonds is 6. The first-order valence-electron chi connectivity index (χ1n) is 9.10. The Labute approximate surface area is 174 Å². The molecule has 0 spiro atoms. The molecule has 30 heavy (non-hydrogen) atoms. The van der Waals surface area contributed by atoms with Crippen LogP contribution in [0.4, 0.5) is 4.39 Å². The van der Waals surface area contributed by atoms with Gasteiger partial charge in [0.15, 0.2) is 0 Å². The van der Waals surface area contributed by atoms with E-state index in [0.29, 0.717) is 17.1 Å². The lowest BCUT2D eigenvalue weighted by atomic mass is 10.0. The molecule has 0 saturated heterocycles. The van der Waals surface area contributed by atoms with Crippen LogP contribution in [0.1, 0.15) is 16.7 Å². The molecule has 3 aromatic carbocycles. The molecule has 4 nitrogen and oxygen atoms in total. The zero-order valence-electron chi connectivity index (χ0n) is 16.2. The summed E-state index contributed by atoms with van der Waals surface area (Å²) in [6.45, 7) is 0. The minimum absolute atomic E-state index is 0.175. The van der Waals surface area contributed by atoms with Gasteiger partial charge in [-0.05, 0) is 53.6 Å². The summed E-state index contributed by atoms with van der Waals surface area (Å²) in [5.41, 5.74) is 1.79. The van der Waals surface area contributed by atoms with Crippen LogP contribution in [0.25, 0.3) is 17.7 Å². The number of hydrogen-bond acceptors (Lipinski definition) is 4. The van der Waals surface area contributed by atoms with Gasteiger partial charge in [0.1, 0.15) is 17.3 Å². The molecule has 0 bridgehead atoms. The van der Waals surface area contributed by atoms with Crippen LogP contribution in [0.3, 0.4) is 0 Å². The molecule has 0 heterocycles. The van der Waals surface area contributed by atoms with E-state index >= 15 is 0 Å². The van der Waals surface area contributed by atoms with Gasteiger partial charge in [0.05, 0.1) is 18.8 Å². The van der Waals surface area contributed by atoms with Crippen molar-refractivity contribution < 1.29 is 18.7 Å². The number of carbonyl (C=O) groups excluding carboxylic acids is 1. The van der Waals surface area contributed by atoms with Crippen molar-refractivity contribution in [3.8, 4) is 17.6 Å². The van der Waals surface area contributed by atoms with Crippen LogP contribution < -0.4 is 9.47 Å². The third kappa shape index (κ3) is 5.43. The molecule has 148 valence electrons. The summed E-state index contributed by atoms with van der Waals surface area (Å²) in [5.74, 6) is -0.0212. The highest BCUT2D eigenvalue weighted by Crippen LogP contribution is 2.23. The summed E-state index contributed by atoms with van der Waals surface area (Å²) < 4.78 is 24.5. The van der Waals surface area contributed by atoms with Gasteiger partial charge in [-0.25, -0.2) is 9.18 Å². The van der Waals surface area contributed by atoms with E-state index in [1.807, 2.05) is 24.3 Å². The fraction of sp³-hybridized carbons (Fsp3) is 0.0400. The van der Waals surface area contributed by atoms with E-state index in [4.69, 9.17) is 9.47 Å². The predicted molar refractivity (Wildman–Crippen MR) is 114 cm³/mol. The molecule has 0 aromatic heterocycles. The van der Waals surface area contributed by atoms with Gasteiger partial charge in [0.25, 0.3) is 0 Å². The number of benzene rings is 3. The molecule has 5 heteroatoms. The fourth-order valence-electron chi connectivity index (χ4n) is 2.74. The second-order valence-corrected chi connectivity index (χ2v) is 6.25. The first-order valence-corrected chi connectivity index (χ1v) is 9.10. The lowest BCUT2D eigenvalue weighted by Gasteiger charge is -2.04. The van der Waals surface area contributed by atoms with Crippen LogP contribution in [0.15, 0.2) is 78.9 Å². The standard InChI is InChI=1S/C25H18FNO3/c1-29-21-8-4-6-18(15-21)12-13-25(28)30-22-9-5-7-19(16-22)14-20(17-27)23-10-2-3-11-24(23)26/h2-16H,1H3/b13-12+,20-14-. The van der Waals surface area contributed by atoms with Crippen molar-refractivity contribution in [3.63, 3.8) is 0 Å². The maximum Gasteiger partial charge on any atom is 0.336 e. The van der Waals surface area contributed by atoms with E-state index < -0.39 is 11.8 Å². The summed E-state index contributed by atoms with van der Waals surface area (Å²) in [5, 5.41) is 9.41. The number of carbonyl (C=O) groups is 1. The van der Waals surface area contributed by atoms with E-state index in [9.17, 15) is 14.4 Å². The lowest BCUT2D eigenvalue weighted by molar-refractivity contribution is -0.128. The summed E-state index contributed by atoms with van der Waals surface area (Å²) in [6.07, 6.45) is 4.49. The molecule has 0 unspecified atom stereocenters. The molecule has 0 saturated carbocycles. The van der Waals surface area contributed by atoms with E-state index in [-0.39, 0.29) is 11.1 Å². The number of nitriles is 1. The zero-order chi connectivity index (χ0) is 21.3.